The van der Waals surface area contributed by atoms with Crippen molar-refractivity contribution >= 4 is 5.82 Å². The van der Waals surface area contributed by atoms with Gasteiger partial charge in [0.1, 0.15) is 5.82 Å². The van der Waals surface area contributed by atoms with Crippen molar-refractivity contribution in [3.8, 4) is 17.2 Å². The maximum absolute atomic E-state index is 9.61. The summed E-state index contributed by atoms with van der Waals surface area (Å²) in [7, 11) is 0. The Morgan fingerprint density at radius 3 is 2.64 bits per heavy atom. The minimum absolute atomic E-state index is 0.136. The maximum atomic E-state index is 9.61. The standard InChI is InChI=1S/C21H29N5O2/c1-3-17(2)25-14-12-24(13-15-25)10-5-4-9-22-21-8-11-26(23-21)18-6-7-19(27)20(28)16-18/h6-8,11,16,27-28H,1,4-5,9-10,12-15H2,2H3,(H,22,23). The number of benzene rings is 1. The van der Waals surface area contributed by atoms with Crippen LogP contribution < -0.4 is 5.32 Å². The molecule has 1 aliphatic heterocycles. The van der Waals surface area contributed by atoms with Crippen LogP contribution in [0.3, 0.4) is 0 Å². The number of phenols is 2. The predicted molar refractivity (Wildman–Crippen MR) is 111 cm³/mol. The van der Waals surface area contributed by atoms with Gasteiger partial charge < -0.3 is 20.4 Å². The van der Waals surface area contributed by atoms with Crippen LogP contribution in [0.1, 0.15) is 19.8 Å². The summed E-state index contributed by atoms with van der Waals surface area (Å²) in [6.45, 7) is 12.1. The summed E-state index contributed by atoms with van der Waals surface area (Å²) >= 11 is 0. The van der Waals surface area contributed by atoms with Gasteiger partial charge >= 0.3 is 0 Å². The highest BCUT2D eigenvalue weighted by atomic mass is 16.3. The maximum Gasteiger partial charge on any atom is 0.159 e. The first-order valence-electron chi connectivity index (χ1n) is 9.72. The molecule has 0 radical (unpaired) electrons. The van der Waals surface area contributed by atoms with Crippen LogP contribution >= 0.6 is 0 Å². The van der Waals surface area contributed by atoms with Gasteiger partial charge in [0.2, 0.25) is 0 Å². The molecule has 0 bridgehead atoms. The molecule has 7 heteroatoms. The number of hydrogen-bond acceptors (Lipinski definition) is 6. The van der Waals surface area contributed by atoms with Crippen LogP contribution in [0.15, 0.2) is 48.5 Å². The molecule has 1 aromatic heterocycles. The molecule has 0 aliphatic carbocycles. The van der Waals surface area contributed by atoms with E-state index in [4.69, 9.17) is 0 Å². The van der Waals surface area contributed by atoms with Crippen molar-refractivity contribution in [2.75, 3.05) is 44.6 Å². The lowest BCUT2D eigenvalue weighted by Crippen LogP contribution is -2.45. The molecule has 1 aromatic carbocycles. The van der Waals surface area contributed by atoms with Gasteiger partial charge in [-0.1, -0.05) is 6.58 Å². The van der Waals surface area contributed by atoms with Crippen LogP contribution in [0.4, 0.5) is 5.82 Å². The van der Waals surface area contributed by atoms with Crippen LogP contribution in [-0.2, 0) is 0 Å². The molecule has 3 rings (SSSR count). The van der Waals surface area contributed by atoms with Gasteiger partial charge in [-0.05, 0) is 38.4 Å². The van der Waals surface area contributed by atoms with Gasteiger partial charge in [-0.15, -0.1) is 5.73 Å². The Hall–Kier alpha value is -2.89. The molecule has 2 heterocycles. The summed E-state index contributed by atoms with van der Waals surface area (Å²) < 4.78 is 1.67. The summed E-state index contributed by atoms with van der Waals surface area (Å²) in [4.78, 5) is 4.86. The zero-order valence-electron chi connectivity index (χ0n) is 16.4. The number of hydrogen-bond donors (Lipinski definition) is 3. The minimum atomic E-state index is -0.154. The normalized spacial score (nSPS) is 14.7. The molecular weight excluding hydrogens is 354 g/mol. The van der Waals surface area contributed by atoms with E-state index in [9.17, 15) is 10.2 Å². The van der Waals surface area contributed by atoms with Gasteiger partial charge in [0, 0.05) is 51.1 Å². The number of nitrogens with zero attached hydrogens (tertiary/aromatic N) is 4. The monoisotopic (exact) mass is 383 g/mol. The molecule has 1 aliphatic rings. The number of anilines is 1. The highest BCUT2D eigenvalue weighted by Gasteiger charge is 2.16. The van der Waals surface area contributed by atoms with Gasteiger partial charge in [0.05, 0.1) is 11.4 Å². The molecular formula is C21H29N5O2. The Morgan fingerprint density at radius 2 is 1.93 bits per heavy atom. The van der Waals surface area contributed by atoms with Crippen molar-refractivity contribution in [2.24, 2.45) is 0 Å². The third-order valence-corrected chi connectivity index (χ3v) is 5.12. The molecule has 150 valence electrons. The van der Waals surface area contributed by atoms with Gasteiger partial charge in [-0.25, -0.2) is 4.68 Å². The molecule has 0 unspecified atom stereocenters. The predicted octanol–water partition coefficient (Wildman–Crippen LogP) is 2.78. The number of unbranched alkanes of at least 4 members (excludes halogenated alkanes) is 1. The number of phenolic OH excluding ortho intramolecular Hbond substituents is 2. The van der Waals surface area contributed by atoms with Crippen LogP contribution in [-0.4, -0.2) is 69.1 Å². The average molecular weight is 383 g/mol. The van der Waals surface area contributed by atoms with E-state index in [0.717, 1.165) is 63.6 Å². The number of rotatable bonds is 8. The van der Waals surface area contributed by atoms with Gasteiger partial charge in [0.25, 0.3) is 0 Å². The van der Waals surface area contributed by atoms with E-state index in [1.165, 1.54) is 12.1 Å². The molecule has 28 heavy (non-hydrogen) atoms. The van der Waals surface area contributed by atoms with Crippen molar-refractivity contribution in [3.05, 3.63) is 48.5 Å². The second-order valence-corrected chi connectivity index (χ2v) is 7.04. The average Bonchev–Trinajstić information content (AvgIpc) is 3.18. The lowest BCUT2D eigenvalue weighted by atomic mass is 10.2. The molecule has 1 fully saturated rings. The number of piperazine rings is 1. The van der Waals surface area contributed by atoms with E-state index in [2.05, 4.69) is 39.4 Å². The molecule has 0 saturated carbocycles. The zero-order valence-corrected chi connectivity index (χ0v) is 16.4. The first-order chi connectivity index (χ1) is 13.6. The zero-order chi connectivity index (χ0) is 19.9. The largest absolute Gasteiger partial charge is 0.504 e. The van der Waals surface area contributed by atoms with E-state index in [0.29, 0.717) is 5.69 Å². The van der Waals surface area contributed by atoms with Crippen molar-refractivity contribution in [2.45, 2.75) is 19.8 Å². The van der Waals surface area contributed by atoms with Crippen LogP contribution in [0.2, 0.25) is 0 Å². The third-order valence-electron chi connectivity index (χ3n) is 5.12. The van der Waals surface area contributed by atoms with Crippen molar-refractivity contribution in [1.29, 1.82) is 0 Å². The van der Waals surface area contributed by atoms with E-state index >= 15 is 0 Å². The van der Waals surface area contributed by atoms with E-state index in [1.807, 2.05) is 12.3 Å². The van der Waals surface area contributed by atoms with Crippen LogP contribution in [0, 0.1) is 0 Å². The molecule has 0 amide bonds. The summed E-state index contributed by atoms with van der Waals surface area (Å²) in [5, 5.41) is 26.8. The second-order valence-electron chi connectivity index (χ2n) is 7.04. The van der Waals surface area contributed by atoms with Gasteiger partial charge in [-0.2, -0.15) is 5.10 Å². The molecule has 0 atom stereocenters. The Bertz CT molecular complexity index is 833. The Morgan fingerprint density at radius 1 is 1.14 bits per heavy atom. The van der Waals surface area contributed by atoms with E-state index in [1.54, 1.807) is 10.7 Å². The highest BCUT2D eigenvalue weighted by Crippen LogP contribution is 2.26. The lowest BCUT2D eigenvalue weighted by Gasteiger charge is -2.35. The van der Waals surface area contributed by atoms with Gasteiger partial charge in [0.15, 0.2) is 11.5 Å². The lowest BCUT2D eigenvalue weighted by molar-refractivity contribution is 0.157. The van der Waals surface area contributed by atoms with Crippen LogP contribution in [0.5, 0.6) is 11.5 Å². The molecule has 2 aromatic rings. The molecule has 7 nitrogen and oxygen atoms in total. The topological polar surface area (TPSA) is 76.8 Å². The summed E-state index contributed by atoms with van der Waals surface area (Å²) in [6.07, 6.45) is 4.06. The fourth-order valence-corrected chi connectivity index (χ4v) is 3.31. The fraction of sp³-hybridized carbons (Fsp3) is 0.429. The van der Waals surface area contributed by atoms with Crippen LogP contribution in [0.25, 0.3) is 5.69 Å². The quantitative estimate of drug-likeness (QED) is 0.370. The van der Waals surface area contributed by atoms with Crippen molar-refractivity contribution < 1.29 is 10.2 Å². The number of allylic oxidation sites excluding steroid dienone is 1. The number of nitrogens with one attached hydrogen (secondary N) is 1. The van der Waals surface area contributed by atoms with E-state index < -0.39 is 0 Å². The third kappa shape index (κ3) is 5.09. The Labute approximate surface area is 166 Å². The summed E-state index contributed by atoms with van der Waals surface area (Å²) in [5.74, 6) is 0.509. The minimum Gasteiger partial charge on any atom is -0.504 e. The summed E-state index contributed by atoms with van der Waals surface area (Å²) in [6, 6.07) is 6.54. The second kappa shape index (κ2) is 9.35. The molecule has 1 saturated heterocycles. The first-order valence-corrected chi connectivity index (χ1v) is 9.72. The molecule has 0 spiro atoms. The number of aromatic nitrogens is 2. The fourth-order valence-electron chi connectivity index (χ4n) is 3.31. The van der Waals surface area contributed by atoms with Crippen molar-refractivity contribution in [3.63, 3.8) is 0 Å². The summed E-state index contributed by atoms with van der Waals surface area (Å²) in [5.41, 5.74) is 4.82. The number of aromatic hydroxyl groups is 2. The molecule has 3 N–H and O–H groups in total. The van der Waals surface area contributed by atoms with Crippen molar-refractivity contribution in [1.82, 2.24) is 19.6 Å². The Balaban J connectivity index is 1.36. The van der Waals surface area contributed by atoms with Gasteiger partial charge in [-0.3, -0.25) is 4.90 Å². The Kier molecular flexibility index (Phi) is 6.63. The van der Waals surface area contributed by atoms with E-state index in [-0.39, 0.29) is 11.5 Å². The SMILES string of the molecule is C=C=C(C)N1CCN(CCCCNc2ccn(-c3ccc(O)c(O)c3)n2)CC1. The first kappa shape index (κ1) is 19.9. The highest BCUT2D eigenvalue weighted by molar-refractivity contribution is 5.47. The smallest absolute Gasteiger partial charge is 0.159 e.